The van der Waals surface area contributed by atoms with E-state index in [1.54, 1.807) is 0 Å². The number of hydrogen-bond donors (Lipinski definition) is 1. The van der Waals surface area contributed by atoms with E-state index in [0.717, 1.165) is 22.8 Å². The first-order chi connectivity index (χ1) is 11.8. The molecule has 4 nitrogen and oxygen atoms in total. The fourth-order valence-corrected chi connectivity index (χ4v) is 2.45. The summed E-state index contributed by atoms with van der Waals surface area (Å²) in [5.41, 5.74) is -0.451. The summed E-state index contributed by atoms with van der Waals surface area (Å²) in [7, 11) is 0. The Hall–Kier alpha value is -3.16. The van der Waals surface area contributed by atoms with Crippen LogP contribution in [0.2, 0.25) is 0 Å². The molecule has 0 saturated heterocycles. The third kappa shape index (κ3) is 2.86. The van der Waals surface area contributed by atoms with E-state index in [1.807, 2.05) is 0 Å². The molecular weight excluding hydrogens is 340 g/mol. The van der Waals surface area contributed by atoms with Gasteiger partial charge in [-0.25, -0.2) is 17.6 Å². The van der Waals surface area contributed by atoms with Gasteiger partial charge in [-0.3, -0.25) is 14.2 Å². The quantitative estimate of drug-likeness (QED) is 0.559. The minimum atomic E-state index is -1.72. The molecule has 0 unspecified atom stereocenters. The molecule has 3 rings (SSSR count). The number of carbonyl (C=O) groups excluding carboxylic acids is 2. The molecule has 0 aliphatic heterocycles. The largest absolute Gasteiger partial charge is 0.319 e. The van der Waals surface area contributed by atoms with Crippen LogP contribution in [0, 0.1) is 23.3 Å². The highest BCUT2D eigenvalue weighted by Crippen LogP contribution is 2.25. The van der Waals surface area contributed by atoms with Crippen LogP contribution in [-0.2, 0) is 0 Å². The number of hydrogen-bond acceptors (Lipinski definition) is 2. The molecule has 1 N–H and O–H groups in total. The van der Waals surface area contributed by atoms with Crippen LogP contribution in [0.3, 0.4) is 0 Å². The molecule has 0 spiro atoms. The van der Waals surface area contributed by atoms with Crippen LogP contribution in [0.5, 0.6) is 0 Å². The molecular formula is C17H10F4N2O2. The number of amides is 1. The summed E-state index contributed by atoms with van der Waals surface area (Å²) in [6.45, 7) is 1.22. The third-order valence-electron chi connectivity index (χ3n) is 3.63. The van der Waals surface area contributed by atoms with E-state index in [9.17, 15) is 27.2 Å². The molecule has 1 aromatic heterocycles. The summed E-state index contributed by atoms with van der Waals surface area (Å²) >= 11 is 0. The maximum atomic E-state index is 13.7. The number of fused-ring (bicyclic) bond motifs is 1. The fourth-order valence-electron chi connectivity index (χ4n) is 2.45. The van der Waals surface area contributed by atoms with Gasteiger partial charge in [0.2, 0.25) is 5.91 Å². The molecule has 0 aliphatic carbocycles. The van der Waals surface area contributed by atoms with E-state index in [2.05, 4.69) is 5.32 Å². The highest BCUT2D eigenvalue weighted by atomic mass is 19.2. The Morgan fingerprint density at radius 3 is 2.40 bits per heavy atom. The van der Waals surface area contributed by atoms with Crippen LogP contribution < -0.4 is 5.32 Å². The molecule has 0 bridgehead atoms. The van der Waals surface area contributed by atoms with E-state index >= 15 is 0 Å². The van der Waals surface area contributed by atoms with Crippen LogP contribution in [0.4, 0.5) is 23.2 Å². The molecule has 0 aliphatic rings. The monoisotopic (exact) mass is 350 g/mol. The lowest BCUT2D eigenvalue weighted by Crippen LogP contribution is -2.14. The van der Waals surface area contributed by atoms with E-state index in [4.69, 9.17) is 0 Å². The zero-order valence-corrected chi connectivity index (χ0v) is 12.7. The summed E-state index contributed by atoms with van der Waals surface area (Å²) in [4.78, 5) is 24.0. The maximum absolute atomic E-state index is 13.7. The second kappa shape index (κ2) is 6.04. The highest BCUT2D eigenvalue weighted by molar-refractivity contribution is 6.14. The van der Waals surface area contributed by atoms with E-state index in [1.165, 1.54) is 19.2 Å². The standard InChI is InChI=1S/C17H10F4N2O2/c1-8(24)23-7-11(10-3-2-9(18)6-14(10)23)17(25)22-13-5-4-12(19)15(20)16(13)21/h2-7H,1H3,(H,22,25). The predicted octanol–water partition coefficient (Wildman–Crippen LogP) is 4.11. The average Bonchev–Trinajstić information content (AvgIpc) is 2.94. The second-order valence-corrected chi connectivity index (χ2v) is 5.27. The molecule has 1 heterocycles. The van der Waals surface area contributed by atoms with E-state index < -0.39 is 40.8 Å². The van der Waals surface area contributed by atoms with Crippen molar-refractivity contribution in [2.24, 2.45) is 0 Å². The highest BCUT2D eigenvalue weighted by Gasteiger charge is 2.20. The summed E-state index contributed by atoms with van der Waals surface area (Å²) < 4.78 is 54.4. The Balaban J connectivity index is 2.06. The molecule has 25 heavy (non-hydrogen) atoms. The Morgan fingerprint density at radius 1 is 1.00 bits per heavy atom. The number of halogens is 4. The third-order valence-corrected chi connectivity index (χ3v) is 3.63. The van der Waals surface area contributed by atoms with Gasteiger partial charge in [-0.1, -0.05) is 0 Å². The van der Waals surface area contributed by atoms with Crippen LogP contribution in [0.15, 0.2) is 36.5 Å². The van der Waals surface area contributed by atoms with Crippen molar-refractivity contribution in [2.75, 3.05) is 5.32 Å². The van der Waals surface area contributed by atoms with Gasteiger partial charge in [0, 0.05) is 18.5 Å². The van der Waals surface area contributed by atoms with Crippen LogP contribution >= 0.6 is 0 Å². The van der Waals surface area contributed by atoms with Crippen molar-refractivity contribution in [3.63, 3.8) is 0 Å². The van der Waals surface area contributed by atoms with Crippen molar-refractivity contribution in [1.82, 2.24) is 4.57 Å². The molecule has 0 saturated carbocycles. The number of aromatic nitrogens is 1. The minimum absolute atomic E-state index is 0.0469. The van der Waals surface area contributed by atoms with Gasteiger partial charge in [-0.15, -0.1) is 0 Å². The lowest BCUT2D eigenvalue weighted by molar-refractivity contribution is 0.0941. The van der Waals surface area contributed by atoms with Gasteiger partial charge in [-0.2, -0.15) is 0 Å². The van der Waals surface area contributed by atoms with Gasteiger partial charge in [-0.05, 0) is 30.3 Å². The van der Waals surface area contributed by atoms with Crippen LogP contribution in [0.1, 0.15) is 22.1 Å². The molecule has 8 heteroatoms. The van der Waals surface area contributed by atoms with E-state index in [-0.39, 0.29) is 16.5 Å². The predicted molar refractivity (Wildman–Crippen MR) is 82.5 cm³/mol. The summed E-state index contributed by atoms with van der Waals surface area (Å²) in [6.07, 6.45) is 1.17. The van der Waals surface area contributed by atoms with Crippen LogP contribution in [0.25, 0.3) is 10.9 Å². The number of rotatable bonds is 2. The molecule has 3 aromatic rings. The fraction of sp³-hybridized carbons (Fsp3) is 0.0588. The van der Waals surface area contributed by atoms with Gasteiger partial charge >= 0.3 is 0 Å². The maximum Gasteiger partial charge on any atom is 0.257 e. The van der Waals surface area contributed by atoms with Gasteiger partial charge < -0.3 is 5.32 Å². The molecule has 0 radical (unpaired) electrons. The van der Waals surface area contributed by atoms with Crippen molar-refractivity contribution in [3.05, 3.63) is 65.4 Å². The molecule has 0 atom stereocenters. The lowest BCUT2D eigenvalue weighted by Gasteiger charge is -2.06. The summed E-state index contributed by atoms with van der Waals surface area (Å²) in [6, 6.07) is 5.01. The number of carbonyl (C=O) groups is 2. The summed E-state index contributed by atoms with van der Waals surface area (Å²) in [5, 5.41) is 2.36. The van der Waals surface area contributed by atoms with Crippen molar-refractivity contribution in [1.29, 1.82) is 0 Å². The molecule has 0 fully saturated rings. The topological polar surface area (TPSA) is 51.1 Å². The zero-order valence-electron chi connectivity index (χ0n) is 12.7. The SMILES string of the molecule is CC(=O)n1cc(C(=O)Nc2ccc(F)c(F)c2F)c2ccc(F)cc21. The van der Waals surface area contributed by atoms with Crippen molar-refractivity contribution in [2.45, 2.75) is 6.92 Å². The van der Waals surface area contributed by atoms with Gasteiger partial charge in [0.1, 0.15) is 5.82 Å². The first-order valence-electron chi connectivity index (χ1n) is 7.06. The number of benzene rings is 2. The molecule has 1 amide bonds. The van der Waals surface area contributed by atoms with E-state index in [0.29, 0.717) is 6.07 Å². The zero-order chi connectivity index (χ0) is 18.3. The Labute approximate surface area is 138 Å². The van der Waals surface area contributed by atoms with Crippen LogP contribution in [-0.4, -0.2) is 16.4 Å². The number of nitrogens with one attached hydrogen (secondary N) is 1. The first-order valence-corrected chi connectivity index (χ1v) is 7.06. The normalized spacial score (nSPS) is 10.9. The molecule has 128 valence electrons. The number of nitrogens with zero attached hydrogens (tertiary/aromatic N) is 1. The Bertz CT molecular complexity index is 1030. The lowest BCUT2D eigenvalue weighted by atomic mass is 10.1. The number of anilines is 1. The van der Waals surface area contributed by atoms with Gasteiger partial charge in [0.05, 0.1) is 16.8 Å². The van der Waals surface area contributed by atoms with Crippen molar-refractivity contribution >= 4 is 28.4 Å². The molecule has 2 aromatic carbocycles. The van der Waals surface area contributed by atoms with Gasteiger partial charge in [0.15, 0.2) is 17.5 Å². The second-order valence-electron chi connectivity index (χ2n) is 5.27. The van der Waals surface area contributed by atoms with Crippen molar-refractivity contribution in [3.8, 4) is 0 Å². The first kappa shape index (κ1) is 16.7. The smallest absolute Gasteiger partial charge is 0.257 e. The van der Waals surface area contributed by atoms with Gasteiger partial charge in [0.25, 0.3) is 5.91 Å². The average molecular weight is 350 g/mol. The minimum Gasteiger partial charge on any atom is -0.319 e. The Morgan fingerprint density at radius 2 is 1.72 bits per heavy atom. The van der Waals surface area contributed by atoms with Crippen molar-refractivity contribution < 1.29 is 27.2 Å². The Kier molecular flexibility index (Phi) is 4.03. The summed E-state index contributed by atoms with van der Waals surface area (Å²) in [5.74, 6) is -6.58.